The number of rotatable bonds is 8. The lowest BCUT2D eigenvalue weighted by atomic mass is 9.79. The van der Waals surface area contributed by atoms with E-state index >= 15 is 0 Å². The summed E-state index contributed by atoms with van der Waals surface area (Å²) in [5, 5.41) is 12.8. The molecule has 0 radical (unpaired) electrons. The number of ether oxygens (including phenoxy) is 2. The standard InChI is InChI=1S/C31H40N2O6/c1-5-6-19-33(29(37)39-30(2,3)4)21-15-17-31(18-16-21,27(34)35)32-28(36)38-20-26-24-13-9-7-11-22(24)23-12-8-10-14-25(23)26/h7-14,21,26H,5-6,15-20H2,1-4H3,(H,32,36)(H,34,35). The predicted octanol–water partition coefficient (Wildman–Crippen LogP) is 6.33. The highest BCUT2D eigenvalue weighted by atomic mass is 16.6. The summed E-state index contributed by atoms with van der Waals surface area (Å²) in [7, 11) is 0. The minimum Gasteiger partial charge on any atom is -0.480 e. The molecule has 2 amide bonds. The minimum absolute atomic E-state index is 0.111. The Balaban J connectivity index is 1.40. The lowest BCUT2D eigenvalue weighted by Crippen LogP contribution is -2.59. The highest BCUT2D eigenvalue weighted by molar-refractivity contribution is 5.85. The van der Waals surface area contributed by atoms with Crippen molar-refractivity contribution < 1.29 is 29.0 Å². The van der Waals surface area contributed by atoms with Crippen LogP contribution in [0.3, 0.4) is 0 Å². The highest BCUT2D eigenvalue weighted by Gasteiger charge is 2.46. The van der Waals surface area contributed by atoms with Crippen molar-refractivity contribution in [3.63, 3.8) is 0 Å². The highest BCUT2D eigenvalue weighted by Crippen LogP contribution is 2.44. The van der Waals surface area contributed by atoms with Crippen LogP contribution in [0.25, 0.3) is 11.1 Å². The van der Waals surface area contributed by atoms with E-state index in [1.165, 1.54) is 0 Å². The monoisotopic (exact) mass is 536 g/mol. The maximum absolute atomic E-state index is 12.9. The van der Waals surface area contributed by atoms with Crippen LogP contribution in [0.2, 0.25) is 0 Å². The molecule has 0 atom stereocenters. The van der Waals surface area contributed by atoms with Gasteiger partial charge in [0, 0.05) is 18.5 Å². The second-order valence-corrected chi connectivity index (χ2v) is 11.6. The van der Waals surface area contributed by atoms with Gasteiger partial charge in [-0.15, -0.1) is 0 Å². The van der Waals surface area contributed by atoms with Crippen LogP contribution in [0.5, 0.6) is 0 Å². The number of carboxylic acids is 1. The van der Waals surface area contributed by atoms with Gasteiger partial charge in [0.05, 0.1) is 0 Å². The summed E-state index contributed by atoms with van der Waals surface area (Å²) in [5.74, 6) is -1.20. The molecule has 0 unspecified atom stereocenters. The summed E-state index contributed by atoms with van der Waals surface area (Å²) in [4.78, 5) is 40.0. The number of hydrogen-bond donors (Lipinski definition) is 2. The summed E-state index contributed by atoms with van der Waals surface area (Å²) in [6, 6.07) is 16.0. The van der Waals surface area contributed by atoms with Gasteiger partial charge >= 0.3 is 18.2 Å². The molecule has 0 spiro atoms. The smallest absolute Gasteiger partial charge is 0.410 e. The van der Waals surface area contributed by atoms with E-state index in [2.05, 4.69) is 24.4 Å². The lowest BCUT2D eigenvalue weighted by molar-refractivity contribution is -0.146. The number of benzene rings is 2. The Hall–Kier alpha value is -3.55. The predicted molar refractivity (Wildman–Crippen MR) is 149 cm³/mol. The Kier molecular flexibility index (Phi) is 8.52. The van der Waals surface area contributed by atoms with Crippen LogP contribution in [0, 0.1) is 0 Å². The molecule has 2 N–H and O–H groups in total. The fourth-order valence-corrected chi connectivity index (χ4v) is 5.70. The molecule has 8 nitrogen and oxygen atoms in total. The number of fused-ring (bicyclic) bond motifs is 3. The number of alkyl carbamates (subject to hydrolysis) is 1. The molecule has 0 aliphatic heterocycles. The lowest BCUT2D eigenvalue weighted by Gasteiger charge is -2.41. The molecule has 1 fully saturated rings. The first-order valence-corrected chi connectivity index (χ1v) is 13.9. The van der Waals surface area contributed by atoms with Gasteiger partial charge < -0.3 is 24.8 Å². The third-order valence-electron chi connectivity index (χ3n) is 7.72. The molecule has 1 saturated carbocycles. The molecule has 4 rings (SSSR count). The van der Waals surface area contributed by atoms with Gasteiger partial charge in [0.2, 0.25) is 0 Å². The molecular formula is C31H40N2O6. The number of carboxylic acid groups (broad SMARTS) is 1. The third kappa shape index (κ3) is 6.37. The van der Waals surface area contributed by atoms with Gasteiger partial charge in [0.1, 0.15) is 17.7 Å². The molecule has 0 saturated heterocycles. The molecule has 0 aromatic heterocycles. The van der Waals surface area contributed by atoms with Gasteiger partial charge in [-0.2, -0.15) is 0 Å². The van der Waals surface area contributed by atoms with Crippen LogP contribution in [-0.2, 0) is 14.3 Å². The van der Waals surface area contributed by atoms with Crippen molar-refractivity contribution in [2.75, 3.05) is 13.2 Å². The second-order valence-electron chi connectivity index (χ2n) is 11.6. The Labute approximate surface area is 230 Å². The Morgan fingerprint density at radius 1 is 1.00 bits per heavy atom. The van der Waals surface area contributed by atoms with E-state index in [4.69, 9.17) is 9.47 Å². The molecule has 2 aliphatic rings. The molecule has 2 aromatic rings. The van der Waals surface area contributed by atoms with Crippen LogP contribution < -0.4 is 5.32 Å². The Morgan fingerprint density at radius 3 is 2.08 bits per heavy atom. The number of carbonyl (C=O) groups excluding carboxylic acids is 2. The first-order chi connectivity index (χ1) is 18.5. The number of nitrogens with one attached hydrogen (secondary N) is 1. The molecule has 8 heteroatoms. The largest absolute Gasteiger partial charge is 0.480 e. The normalized spacial score (nSPS) is 20.5. The van der Waals surface area contributed by atoms with Crippen molar-refractivity contribution >= 4 is 18.2 Å². The molecule has 2 aliphatic carbocycles. The summed E-state index contributed by atoms with van der Waals surface area (Å²) < 4.78 is 11.3. The molecule has 0 heterocycles. The average Bonchev–Trinajstić information content (AvgIpc) is 3.21. The van der Waals surface area contributed by atoms with Crippen molar-refractivity contribution in [1.82, 2.24) is 10.2 Å². The zero-order valence-electron chi connectivity index (χ0n) is 23.4. The number of nitrogens with zero attached hydrogens (tertiary/aromatic N) is 1. The van der Waals surface area contributed by atoms with Gasteiger partial charge in [0.25, 0.3) is 0 Å². The SMILES string of the molecule is CCCCN(C(=O)OC(C)(C)C)C1CCC(NC(=O)OCC2c3ccccc3-c3ccccc32)(C(=O)O)CC1. The van der Waals surface area contributed by atoms with Crippen LogP contribution in [-0.4, -0.2) is 58.5 Å². The molecular weight excluding hydrogens is 496 g/mol. The zero-order valence-corrected chi connectivity index (χ0v) is 23.4. The van der Waals surface area contributed by atoms with Gasteiger partial charge in [-0.3, -0.25) is 0 Å². The topological polar surface area (TPSA) is 105 Å². The maximum Gasteiger partial charge on any atom is 0.410 e. The van der Waals surface area contributed by atoms with E-state index in [1.807, 2.05) is 57.2 Å². The van der Waals surface area contributed by atoms with Gasteiger partial charge in [0.15, 0.2) is 0 Å². The summed E-state index contributed by atoms with van der Waals surface area (Å²) >= 11 is 0. The zero-order chi connectivity index (χ0) is 28.2. The van der Waals surface area contributed by atoms with Crippen molar-refractivity contribution in [1.29, 1.82) is 0 Å². The van der Waals surface area contributed by atoms with E-state index in [0.717, 1.165) is 35.1 Å². The van der Waals surface area contributed by atoms with Gasteiger partial charge in [-0.05, 0) is 75.1 Å². The van der Waals surface area contributed by atoms with Crippen molar-refractivity contribution in [3.05, 3.63) is 59.7 Å². The van der Waals surface area contributed by atoms with Crippen molar-refractivity contribution in [3.8, 4) is 11.1 Å². The molecule has 210 valence electrons. The van der Waals surface area contributed by atoms with Gasteiger partial charge in [-0.25, -0.2) is 14.4 Å². The number of carbonyl (C=O) groups is 3. The van der Waals surface area contributed by atoms with E-state index in [1.54, 1.807) is 4.90 Å². The van der Waals surface area contributed by atoms with E-state index in [-0.39, 0.29) is 37.5 Å². The Bertz CT molecular complexity index is 1150. The quantitative estimate of drug-likeness (QED) is 0.409. The summed E-state index contributed by atoms with van der Waals surface area (Å²) in [5.41, 5.74) is 2.37. The molecule has 2 aromatic carbocycles. The maximum atomic E-state index is 12.9. The van der Waals surface area contributed by atoms with Gasteiger partial charge in [-0.1, -0.05) is 61.9 Å². The second kappa shape index (κ2) is 11.7. The first-order valence-electron chi connectivity index (χ1n) is 13.9. The number of amides is 2. The Morgan fingerprint density at radius 2 is 1.56 bits per heavy atom. The minimum atomic E-state index is -1.44. The fourth-order valence-electron chi connectivity index (χ4n) is 5.70. The van der Waals surface area contributed by atoms with E-state index < -0.39 is 23.2 Å². The van der Waals surface area contributed by atoms with E-state index in [9.17, 15) is 19.5 Å². The van der Waals surface area contributed by atoms with Crippen LogP contribution in [0.15, 0.2) is 48.5 Å². The first kappa shape index (κ1) is 28.5. The van der Waals surface area contributed by atoms with Crippen molar-refractivity contribution in [2.45, 2.75) is 89.3 Å². The van der Waals surface area contributed by atoms with E-state index in [0.29, 0.717) is 19.4 Å². The average molecular weight is 537 g/mol. The van der Waals surface area contributed by atoms with Crippen LogP contribution >= 0.6 is 0 Å². The summed E-state index contributed by atoms with van der Waals surface area (Å²) in [6.45, 7) is 8.21. The molecule has 0 bridgehead atoms. The number of aliphatic carboxylic acids is 1. The number of hydrogen-bond acceptors (Lipinski definition) is 5. The number of unbranched alkanes of at least 4 members (excludes halogenated alkanes) is 1. The fraction of sp³-hybridized carbons (Fsp3) is 0.516. The summed E-state index contributed by atoms with van der Waals surface area (Å²) in [6.07, 6.45) is 1.91. The molecule has 39 heavy (non-hydrogen) atoms. The van der Waals surface area contributed by atoms with Crippen LogP contribution in [0.4, 0.5) is 9.59 Å². The third-order valence-corrected chi connectivity index (χ3v) is 7.72. The van der Waals surface area contributed by atoms with Crippen molar-refractivity contribution in [2.24, 2.45) is 0 Å². The van der Waals surface area contributed by atoms with Crippen LogP contribution in [0.1, 0.15) is 83.3 Å².